The summed E-state index contributed by atoms with van der Waals surface area (Å²) in [5.74, 6) is 0.226. The molecule has 0 spiro atoms. The van der Waals surface area contributed by atoms with Crippen molar-refractivity contribution in [2.45, 2.75) is 51.6 Å². The zero-order chi connectivity index (χ0) is 18.5. The second-order valence-electron chi connectivity index (χ2n) is 7.61. The molecule has 2 amide bonds. The van der Waals surface area contributed by atoms with Gasteiger partial charge in [-0.3, -0.25) is 14.5 Å². The smallest absolute Gasteiger partial charge is 0.225 e. The van der Waals surface area contributed by atoms with E-state index in [-0.39, 0.29) is 23.8 Å². The van der Waals surface area contributed by atoms with Crippen molar-refractivity contribution >= 4 is 11.8 Å². The zero-order valence-corrected chi connectivity index (χ0v) is 16.0. The number of amides is 2. The molecule has 2 saturated heterocycles. The van der Waals surface area contributed by atoms with Crippen molar-refractivity contribution in [3.05, 3.63) is 35.9 Å². The maximum atomic E-state index is 12.7. The van der Waals surface area contributed by atoms with Crippen molar-refractivity contribution < 1.29 is 9.59 Å². The highest BCUT2D eigenvalue weighted by Crippen LogP contribution is 2.25. The second-order valence-corrected chi connectivity index (χ2v) is 7.61. The van der Waals surface area contributed by atoms with Crippen LogP contribution < -0.4 is 5.32 Å². The lowest BCUT2D eigenvalue weighted by Crippen LogP contribution is -2.48. The van der Waals surface area contributed by atoms with E-state index in [0.29, 0.717) is 19.0 Å². The Morgan fingerprint density at radius 3 is 2.65 bits per heavy atom. The summed E-state index contributed by atoms with van der Waals surface area (Å²) in [4.78, 5) is 28.9. The van der Waals surface area contributed by atoms with Crippen molar-refractivity contribution in [3.63, 3.8) is 0 Å². The average molecular weight is 357 g/mol. The largest absolute Gasteiger partial charge is 0.352 e. The van der Waals surface area contributed by atoms with Crippen LogP contribution in [0, 0.1) is 5.92 Å². The van der Waals surface area contributed by atoms with E-state index in [4.69, 9.17) is 0 Å². The third kappa shape index (κ3) is 4.44. The minimum absolute atomic E-state index is 0.0557. The van der Waals surface area contributed by atoms with Gasteiger partial charge in [0.05, 0.1) is 5.92 Å². The third-order valence-corrected chi connectivity index (χ3v) is 5.84. The first-order valence-corrected chi connectivity index (χ1v) is 9.95. The van der Waals surface area contributed by atoms with Gasteiger partial charge in [-0.05, 0) is 31.7 Å². The quantitative estimate of drug-likeness (QED) is 0.881. The molecule has 0 unspecified atom stereocenters. The fourth-order valence-corrected chi connectivity index (χ4v) is 4.16. The summed E-state index contributed by atoms with van der Waals surface area (Å²) in [6.07, 6.45) is 3.32. The number of likely N-dealkylation sites (tertiary alicyclic amines) is 2. The Morgan fingerprint density at radius 2 is 1.92 bits per heavy atom. The molecule has 0 radical (unpaired) electrons. The van der Waals surface area contributed by atoms with Crippen LogP contribution in [0.5, 0.6) is 0 Å². The van der Waals surface area contributed by atoms with Crippen LogP contribution >= 0.6 is 0 Å². The molecule has 1 N–H and O–H groups in total. The van der Waals surface area contributed by atoms with Gasteiger partial charge in [-0.1, -0.05) is 37.3 Å². The number of carbonyl (C=O) groups excluding carboxylic acids is 2. The summed E-state index contributed by atoms with van der Waals surface area (Å²) >= 11 is 0. The number of carbonyl (C=O) groups is 2. The van der Waals surface area contributed by atoms with Crippen molar-refractivity contribution in [3.8, 4) is 0 Å². The molecule has 0 saturated carbocycles. The minimum Gasteiger partial charge on any atom is -0.352 e. The van der Waals surface area contributed by atoms with Crippen LogP contribution in [0.25, 0.3) is 0 Å². The van der Waals surface area contributed by atoms with E-state index < -0.39 is 0 Å². The van der Waals surface area contributed by atoms with Crippen LogP contribution in [0.4, 0.5) is 0 Å². The molecule has 3 atom stereocenters. The molecule has 1 aromatic carbocycles. The molecule has 26 heavy (non-hydrogen) atoms. The lowest BCUT2D eigenvalue weighted by Gasteiger charge is -2.32. The van der Waals surface area contributed by atoms with Gasteiger partial charge in [0.25, 0.3) is 0 Å². The van der Waals surface area contributed by atoms with Gasteiger partial charge in [0, 0.05) is 44.7 Å². The molecule has 2 fully saturated rings. The van der Waals surface area contributed by atoms with Gasteiger partial charge in [0.1, 0.15) is 0 Å². The molecule has 2 aliphatic heterocycles. The molecule has 5 heteroatoms. The highest BCUT2D eigenvalue weighted by Gasteiger charge is 2.32. The first-order chi connectivity index (χ1) is 12.6. The van der Waals surface area contributed by atoms with Gasteiger partial charge >= 0.3 is 0 Å². The molecule has 0 aliphatic carbocycles. The molecule has 0 bridgehead atoms. The third-order valence-electron chi connectivity index (χ3n) is 5.84. The Morgan fingerprint density at radius 1 is 1.15 bits per heavy atom. The van der Waals surface area contributed by atoms with Crippen molar-refractivity contribution in [1.82, 2.24) is 15.1 Å². The van der Waals surface area contributed by atoms with Crippen molar-refractivity contribution in [2.24, 2.45) is 5.92 Å². The van der Waals surface area contributed by atoms with Crippen LogP contribution in [-0.4, -0.2) is 53.8 Å². The van der Waals surface area contributed by atoms with Gasteiger partial charge in [0.15, 0.2) is 0 Å². The Labute approximate surface area is 156 Å². The fourth-order valence-electron chi connectivity index (χ4n) is 4.16. The molecule has 3 rings (SSSR count). The summed E-state index contributed by atoms with van der Waals surface area (Å²) < 4.78 is 0. The fraction of sp³-hybridized carbons (Fsp3) is 0.619. The molecule has 2 heterocycles. The Balaban J connectivity index is 1.50. The second kappa shape index (κ2) is 8.67. The highest BCUT2D eigenvalue weighted by molar-refractivity contribution is 5.81. The molecule has 5 nitrogen and oxygen atoms in total. The van der Waals surface area contributed by atoms with E-state index >= 15 is 0 Å². The summed E-state index contributed by atoms with van der Waals surface area (Å²) in [5, 5.41) is 3.24. The minimum atomic E-state index is -0.0557. The predicted octanol–water partition coefficient (Wildman–Crippen LogP) is 2.59. The van der Waals surface area contributed by atoms with E-state index in [2.05, 4.69) is 41.4 Å². The first-order valence-electron chi connectivity index (χ1n) is 9.95. The van der Waals surface area contributed by atoms with Crippen molar-refractivity contribution in [1.29, 1.82) is 0 Å². The average Bonchev–Trinajstić information content (AvgIpc) is 3.16. The van der Waals surface area contributed by atoms with Gasteiger partial charge in [-0.25, -0.2) is 0 Å². The van der Waals surface area contributed by atoms with E-state index in [9.17, 15) is 9.59 Å². The van der Waals surface area contributed by atoms with Gasteiger partial charge in [-0.2, -0.15) is 0 Å². The molecule has 2 aliphatic rings. The van der Waals surface area contributed by atoms with Crippen LogP contribution in [0.15, 0.2) is 30.3 Å². The summed E-state index contributed by atoms with van der Waals surface area (Å²) in [7, 11) is 0. The standard InChI is InChI=1S/C21H31N3O2/c1-3-20(25)24-12-7-10-18(14-24)21(26)22-19-11-13-23(15-19)16(2)17-8-5-4-6-9-17/h4-6,8-9,16,18-19H,3,7,10-15H2,1-2H3,(H,22,26)/t16-,18+,19-/m1/s1. The Hall–Kier alpha value is -1.88. The van der Waals surface area contributed by atoms with Crippen LogP contribution in [0.2, 0.25) is 0 Å². The van der Waals surface area contributed by atoms with E-state index in [0.717, 1.165) is 38.9 Å². The number of piperidine rings is 1. The molecular weight excluding hydrogens is 326 g/mol. The van der Waals surface area contributed by atoms with Crippen LogP contribution in [0.1, 0.15) is 51.1 Å². The van der Waals surface area contributed by atoms with Gasteiger partial charge in [0.2, 0.25) is 11.8 Å². The molecule has 142 valence electrons. The van der Waals surface area contributed by atoms with E-state index in [1.54, 1.807) is 0 Å². The van der Waals surface area contributed by atoms with Crippen LogP contribution in [0.3, 0.4) is 0 Å². The van der Waals surface area contributed by atoms with Gasteiger partial charge < -0.3 is 10.2 Å². The Kier molecular flexibility index (Phi) is 6.30. The van der Waals surface area contributed by atoms with E-state index in [1.807, 2.05) is 17.9 Å². The number of hydrogen-bond acceptors (Lipinski definition) is 3. The van der Waals surface area contributed by atoms with Crippen LogP contribution in [-0.2, 0) is 9.59 Å². The highest BCUT2D eigenvalue weighted by atomic mass is 16.2. The Bertz CT molecular complexity index is 619. The molecular formula is C21H31N3O2. The molecule has 1 aromatic rings. The lowest BCUT2D eigenvalue weighted by atomic mass is 9.96. The first kappa shape index (κ1) is 18.9. The molecule has 0 aromatic heterocycles. The monoisotopic (exact) mass is 357 g/mol. The number of nitrogens with one attached hydrogen (secondary N) is 1. The SMILES string of the molecule is CCC(=O)N1CCC[C@H](C(=O)N[C@@H]2CCN([C@H](C)c3ccccc3)C2)C1. The zero-order valence-electron chi connectivity index (χ0n) is 16.0. The number of hydrogen-bond donors (Lipinski definition) is 1. The number of rotatable bonds is 5. The maximum absolute atomic E-state index is 12.7. The number of benzene rings is 1. The van der Waals surface area contributed by atoms with Crippen molar-refractivity contribution in [2.75, 3.05) is 26.2 Å². The summed E-state index contributed by atoms with van der Waals surface area (Å²) in [5.41, 5.74) is 1.32. The van der Waals surface area contributed by atoms with Gasteiger partial charge in [-0.15, -0.1) is 0 Å². The topological polar surface area (TPSA) is 52.7 Å². The summed E-state index contributed by atoms with van der Waals surface area (Å²) in [6.45, 7) is 7.39. The summed E-state index contributed by atoms with van der Waals surface area (Å²) in [6, 6.07) is 11.1. The normalized spacial score (nSPS) is 25.1. The predicted molar refractivity (Wildman–Crippen MR) is 103 cm³/mol. The van der Waals surface area contributed by atoms with E-state index in [1.165, 1.54) is 5.56 Å². The lowest BCUT2D eigenvalue weighted by molar-refractivity contribution is -0.135. The number of nitrogens with zero attached hydrogens (tertiary/aromatic N) is 2. The maximum Gasteiger partial charge on any atom is 0.225 e.